The van der Waals surface area contributed by atoms with E-state index >= 15 is 0 Å². The highest BCUT2D eigenvalue weighted by molar-refractivity contribution is 7.09. The Morgan fingerprint density at radius 2 is 2.27 bits per heavy atom. The second-order valence-electron chi connectivity index (χ2n) is 6.24. The first-order valence-corrected chi connectivity index (χ1v) is 8.64. The van der Waals surface area contributed by atoms with Gasteiger partial charge in [0, 0.05) is 24.5 Å². The molecular weight excluding hydrogens is 300 g/mol. The van der Waals surface area contributed by atoms with Crippen LogP contribution < -0.4 is 0 Å². The van der Waals surface area contributed by atoms with Gasteiger partial charge in [-0.25, -0.2) is 4.98 Å². The minimum atomic E-state index is -0.00509. The van der Waals surface area contributed by atoms with Crippen LogP contribution in [0.15, 0.2) is 9.90 Å². The molecule has 3 atom stereocenters. The van der Waals surface area contributed by atoms with Gasteiger partial charge in [0.2, 0.25) is 11.7 Å². The van der Waals surface area contributed by atoms with Crippen LogP contribution in [0.5, 0.6) is 0 Å². The monoisotopic (exact) mass is 320 g/mol. The summed E-state index contributed by atoms with van der Waals surface area (Å²) in [5, 5.41) is 7.32. The summed E-state index contributed by atoms with van der Waals surface area (Å²) in [6, 6.07) is 0. The first-order valence-electron chi connectivity index (χ1n) is 7.76. The standard InChI is InChI=1S/C15H20N4O2S/c1-9-8-22-14(16-9)7-19-4-3-11-5-12(20-13(11)6-19)15-17-10(2)21-18-15/h8,11-13H,3-7H2,1-2H3/t11-,12+,13+/m1/s1. The predicted molar refractivity (Wildman–Crippen MR) is 81.5 cm³/mol. The Hall–Kier alpha value is -1.31. The molecular formula is C15H20N4O2S. The summed E-state index contributed by atoms with van der Waals surface area (Å²) in [6.07, 6.45) is 2.45. The Morgan fingerprint density at radius 3 is 3.00 bits per heavy atom. The molecule has 2 aliphatic rings. The van der Waals surface area contributed by atoms with Crippen molar-refractivity contribution in [3.63, 3.8) is 0 Å². The molecule has 0 N–H and O–H groups in total. The predicted octanol–water partition coefficient (Wildman–Crippen LogP) is 2.50. The Kier molecular flexibility index (Phi) is 3.71. The Morgan fingerprint density at radius 1 is 1.36 bits per heavy atom. The van der Waals surface area contributed by atoms with Crippen molar-refractivity contribution in [3.8, 4) is 0 Å². The van der Waals surface area contributed by atoms with E-state index < -0.39 is 0 Å². The number of hydrogen-bond donors (Lipinski definition) is 0. The van der Waals surface area contributed by atoms with Crippen LogP contribution in [0.3, 0.4) is 0 Å². The number of aromatic nitrogens is 3. The van der Waals surface area contributed by atoms with E-state index in [0.717, 1.165) is 31.7 Å². The first-order chi connectivity index (χ1) is 10.7. The molecule has 22 heavy (non-hydrogen) atoms. The van der Waals surface area contributed by atoms with Crippen LogP contribution in [0.4, 0.5) is 0 Å². The van der Waals surface area contributed by atoms with E-state index in [1.807, 2.05) is 13.8 Å². The third-order valence-corrected chi connectivity index (χ3v) is 5.44. The lowest BCUT2D eigenvalue weighted by atomic mass is 9.92. The molecule has 0 aliphatic carbocycles. The lowest BCUT2D eigenvalue weighted by molar-refractivity contribution is -0.0126. The third kappa shape index (κ3) is 2.80. The van der Waals surface area contributed by atoms with E-state index in [1.165, 1.54) is 11.4 Å². The van der Waals surface area contributed by atoms with Gasteiger partial charge in [-0.1, -0.05) is 5.16 Å². The van der Waals surface area contributed by atoms with Crippen LogP contribution in [0, 0.1) is 19.8 Å². The minimum Gasteiger partial charge on any atom is -0.365 e. The molecule has 2 aromatic rings. The highest BCUT2D eigenvalue weighted by atomic mass is 32.1. The Bertz CT molecular complexity index is 656. The second kappa shape index (κ2) is 5.72. The Balaban J connectivity index is 1.39. The van der Waals surface area contributed by atoms with Crippen molar-refractivity contribution in [2.24, 2.45) is 5.92 Å². The van der Waals surface area contributed by atoms with Crippen molar-refractivity contribution in [1.82, 2.24) is 20.0 Å². The number of piperidine rings is 1. The molecule has 7 heteroatoms. The molecule has 0 bridgehead atoms. The van der Waals surface area contributed by atoms with Crippen molar-refractivity contribution in [1.29, 1.82) is 0 Å². The average Bonchev–Trinajstić information content (AvgIpc) is 3.18. The highest BCUT2D eigenvalue weighted by Crippen LogP contribution is 2.40. The molecule has 6 nitrogen and oxygen atoms in total. The molecule has 0 aromatic carbocycles. The average molecular weight is 320 g/mol. The quantitative estimate of drug-likeness (QED) is 0.866. The van der Waals surface area contributed by atoms with Gasteiger partial charge in [-0.2, -0.15) is 4.98 Å². The van der Waals surface area contributed by atoms with Crippen LogP contribution in [-0.2, 0) is 11.3 Å². The van der Waals surface area contributed by atoms with Crippen LogP contribution in [0.25, 0.3) is 0 Å². The number of aryl methyl sites for hydroxylation is 2. The molecule has 0 radical (unpaired) electrons. The maximum absolute atomic E-state index is 6.19. The number of fused-ring (bicyclic) bond motifs is 1. The SMILES string of the molecule is Cc1csc(CN2CC[C@@H]3C[C@@H](c4noc(C)n4)O[C@H]3C2)n1. The van der Waals surface area contributed by atoms with Gasteiger partial charge < -0.3 is 9.26 Å². The molecule has 2 aliphatic heterocycles. The zero-order valence-electron chi connectivity index (χ0n) is 12.9. The molecule has 2 fully saturated rings. The maximum atomic E-state index is 6.19. The van der Waals surface area contributed by atoms with Gasteiger partial charge in [-0.05, 0) is 32.2 Å². The van der Waals surface area contributed by atoms with Crippen LogP contribution >= 0.6 is 11.3 Å². The summed E-state index contributed by atoms with van der Waals surface area (Å²) in [7, 11) is 0. The fraction of sp³-hybridized carbons (Fsp3) is 0.667. The van der Waals surface area contributed by atoms with Crippen LogP contribution in [0.1, 0.15) is 41.4 Å². The molecule has 4 rings (SSSR count). The molecule has 2 aromatic heterocycles. The second-order valence-corrected chi connectivity index (χ2v) is 7.18. The number of hydrogen-bond acceptors (Lipinski definition) is 7. The number of rotatable bonds is 3. The lowest BCUT2D eigenvalue weighted by Gasteiger charge is -2.33. The molecule has 0 spiro atoms. The third-order valence-electron chi connectivity index (χ3n) is 4.49. The van der Waals surface area contributed by atoms with Gasteiger partial charge in [0.05, 0.1) is 12.6 Å². The van der Waals surface area contributed by atoms with Crippen molar-refractivity contribution in [3.05, 3.63) is 27.8 Å². The van der Waals surface area contributed by atoms with E-state index in [9.17, 15) is 0 Å². The molecule has 0 amide bonds. The largest absolute Gasteiger partial charge is 0.365 e. The van der Waals surface area contributed by atoms with Gasteiger partial charge >= 0.3 is 0 Å². The summed E-state index contributed by atoms with van der Waals surface area (Å²) in [6.45, 7) is 6.87. The normalized spacial score (nSPS) is 28.9. The van der Waals surface area contributed by atoms with Crippen molar-refractivity contribution < 1.29 is 9.26 Å². The van der Waals surface area contributed by atoms with E-state index in [2.05, 4.69) is 25.4 Å². The molecule has 4 heterocycles. The number of thiazole rings is 1. The maximum Gasteiger partial charge on any atom is 0.223 e. The smallest absolute Gasteiger partial charge is 0.223 e. The molecule has 0 unspecified atom stereocenters. The molecule has 0 saturated carbocycles. The summed E-state index contributed by atoms with van der Waals surface area (Å²) < 4.78 is 11.3. The van der Waals surface area contributed by atoms with Crippen molar-refractivity contribution in [2.45, 2.75) is 45.4 Å². The van der Waals surface area contributed by atoms with Gasteiger partial charge in [0.1, 0.15) is 11.1 Å². The van der Waals surface area contributed by atoms with Crippen molar-refractivity contribution in [2.75, 3.05) is 13.1 Å². The Labute approximate surface area is 133 Å². The van der Waals surface area contributed by atoms with Gasteiger partial charge in [-0.3, -0.25) is 4.90 Å². The van der Waals surface area contributed by atoms with Crippen LogP contribution in [0.2, 0.25) is 0 Å². The minimum absolute atomic E-state index is 0.00509. The summed E-state index contributed by atoms with van der Waals surface area (Å²) >= 11 is 1.74. The van der Waals surface area contributed by atoms with Gasteiger partial charge in [0.25, 0.3) is 0 Å². The topological polar surface area (TPSA) is 64.3 Å². The number of nitrogens with zero attached hydrogens (tertiary/aromatic N) is 4. The van der Waals surface area contributed by atoms with Gasteiger partial charge in [0.15, 0.2) is 0 Å². The van der Waals surface area contributed by atoms with E-state index in [4.69, 9.17) is 9.26 Å². The fourth-order valence-corrected chi connectivity index (χ4v) is 4.23. The van der Waals surface area contributed by atoms with E-state index in [0.29, 0.717) is 17.6 Å². The summed E-state index contributed by atoms with van der Waals surface area (Å²) in [5.74, 6) is 1.92. The number of ether oxygens (including phenoxy) is 1. The number of likely N-dealkylation sites (tertiary alicyclic amines) is 1. The lowest BCUT2D eigenvalue weighted by Crippen LogP contribution is -2.41. The zero-order chi connectivity index (χ0) is 15.1. The molecule has 2 saturated heterocycles. The summed E-state index contributed by atoms with van der Waals surface area (Å²) in [4.78, 5) is 11.3. The summed E-state index contributed by atoms with van der Waals surface area (Å²) in [5.41, 5.74) is 1.11. The highest BCUT2D eigenvalue weighted by Gasteiger charge is 2.41. The van der Waals surface area contributed by atoms with E-state index in [1.54, 1.807) is 11.3 Å². The fourth-order valence-electron chi connectivity index (χ4n) is 3.42. The zero-order valence-corrected chi connectivity index (χ0v) is 13.7. The van der Waals surface area contributed by atoms with Crippen LogP contribution in [-0.4, -0.2) is 39.2 Å². The van der Waals surface area contributed by atoms with Crippen molar-refractivity contribution >= 4 is 11.3 Å². The van der Waals surface area contributed by atoms with Gasteiger partial charge in [-0.15, -0.1) is 11.3 Å². The first kappa shape index (κ1) is 14.3. The van der Waals surface area contributed by atoms with E-state index in [-0.39, 0.29) is 12.2 Å². The molecule has 118 valence electrons.